The van der Waals surface area contributed by atoms with Crippen LogP contribution in [0.1, 0.15) is 44.9 Å². The fraction of sp³-hybridized carbons (Fsp3) is 0.720. The molecule has 1 aromatic heterocycles. The third kappa shape index (κ3) is 5.45. The van der Waals surface area contributed by atoms with Crippen LogP contribution in [-0.2, 0) is 4.74 Å². The molecule has 2 aromatic rings. The van der Waals surface area contributed by atoms with Crippen molar-refractivity contribution in [3.8, 4) is 11.6 Å². The minimum absolute atomic E-state index is 0.216. The Hall–Kier alpha value is -1.87. The van der Waals surface area contributed by atoms with Crippen LogP contribution in [0, 0.1) is 11.8 Å². The van der Waals surface area contributed by atoms with Gasteiger partial charge >= 0.3 is 0 Å². The Morgan fingerprint density at radius 1 is 1.12 bits per heavy atom. The van der Waals surface area contributed by atoms with Gasteiger partial charge in [-0.05, 0) is 68.4 Å². The lowest BCUT2D eigenvalue weighted by molar-refractivity contribution is -0.0496. The smallest absolute Gasteiger partial charge is 0.265 e. The van der Waals surface area contributed by atoms with Crippen LogP contribution in [-0.4, -0.2) is 78.0 Å². The first-order valence-corrected chi connectivity index (χ1v) is 12.4. The Balaban J connectivity index is 1.14. The van der Waals surface area contributed by atoms with Crippen molar-refractivity contribution in [2.24, 2.45) is 11.8 Å². The number of aliphatic hydroxyl groups excluding tert-OH is 1. The van der Waals surface area contributed by atoms with E-state index in [0.29, 0.717) is 43.0 Å². The summed E-state index contributed by atoms with van der Waals surface area (Å²) in [6.45, 7) is 5.09. The van der Waals surface area contributed by atoms with Crippen molar-refractivity contribution in [1.82, 2.24) is 10.1 Å². The van der Waals surface area contributed by atoms with Crippen LogP contribution in [0.4, 0.5) is 0 Å². The molecule has 2 saturated heterocycles. The van der Waals surface area contributed by atoms with E-state index in [9.17, 15) is 10.2 Å². The van der Waals surface area contributed by atoms with Crippen molar-refractivity contribution >= 4 is 11.0 Å². The molecule has 0 amide bonds. The molecule has 0 bridgehead atoms. The first kappa shape index (κ1) is 22.9. The molecule has 0 spiro atoms. The highest BCUT2D eigenvalue weighted by Gasteiger charge is 2.32. The van der Waals surface area contributed by atoms with E-state index in [1.807, 2.05) is 18.2 Å². The Kier molecular flexibility index (Phi) is 7.06. The van der Waals surface area contributed by atoms with Crippen molar-refractivity contribution < 1.29 is 28.9 Å². The molecule has 5 rings (SSSR count). The third-order valence-corrected chi connectivity index (χ3v) is 7.55. The van der Waals surface area contributed by atoms with E-state index in [1.165, 1.54) is 0 Å². The van der Waals surface area contributed by atoms with Gasteiger partial charge in [0.05, 0.1) is 24.9 Å². The van der Waals surface area contributed by atoms with Gasteiger partial charge in [-0.2, -0.15) is 0 Å². The summed E-state index contributed by atoms with van der Waals surface area (Å²) in [4.78, 5) is 2.43. The molecule has 2 unspecified atom stereocenters. The van der Waals surface area contributed by atoms with Crippen molar-refractivity contribution in [2.75, 3.05) is 46.1 Å². The van der Waals surface area contributed by atoms with Gasteiger partial charge in [0.15, 0.2) is 5.58 Å². The maximum Gasteiger partial charge on any atom is 0.265 e. The molecule has 1 aliphatic carbocycles. The SMILES string of the molecule is OC1CCOCC1CN1CCC(COc2noc3cccc(OCC4(O)CCCC4)c23)CC1. The second-order valence-electron chi connectivity index (χ2n) is 10.1. The predicted molar refractivity (Wildman–Crippen MR) is 123 cm³/mol. The van der Waals surface area contributed by atoms with Gasteiger partial charge in [0, 0.05) is 19.1 Å². The molecular formula is C25H36N2O6. The minimum Gasteiger partial charge on any atom is -0.490 e. The van der Waals surface area contributed by atoms with Crippen LogP contribution >= 0.6 is 0 Å². The van der Waals surface area contributed by atoms with Gasteiger partial charge < -0.3 is 33.8 Å². The Morgan fingerprint density at radius 3 is 2.73 bits per heavy atom. The number of benzene rings is 1. The van der Waals surface area contributed by atoms with Gasteiger partial charge in [-0.3, -0.25) is 0 Å². The number of ether oxygens (including phenoxy) is 3. The van der Waals surface area contributed by atoms with Gasteiger partial charge in [-0.15, -0.1) is 0 Å². The second kappa shape index (κ2) is 10.2. The summed E-state index contributed by atoms with van der Waals surface area (Å²) < 4.78 is 23.2. The monoisotopic (exact) mass is 460 g/mol. The minimum atomic E-state index is -0.742. The number of hydrogen-bond acceptors (Lipinski definition) is 8. The topological polar surface area (TPSA) is 97.4 Å². The summed E-state index contributed by atoms with van der Waals surface area (Å²) in [6, 6.07) is 5.61. The molecule has 3 aliphatic rings. The summed E-state index contributed by atoms with van der Waals surface area (Å²) in [6.07, 6.45) is 6.24. The number of likely N-dealkylation sites (tertiary alicyclic amines) is 1. The zero-order valence-corrected chi connectivity index (χ0v) is 19.3. The molecular weight excluding hydrogens is 424 g/mol. The summed E-state index contributed by atoms with van der Waals surface area (Å²) in [5.74, 6) is 1.78. The van der Waals surface area contributed by atoms with Crippen LogP contribution in [0.2, 0.25) is 0 Å². The summed E-state index contributed by atoms with van der Waals surface area (Å²) in [5, 5.41) is 25.7. The Bertz CT molecular complexity index is 903. The van der Waals surface area contributed by atoms with Crippen molar-refractivity contribution in [3.63, 3.8) is 0 Å². The average molecular weight is 461 g/mol. The number of piperidine rings is 1. The van der Waals surface area contributed by atoms with Gasteiger partial charge in [-0.1, -0.05) is 18.9 Å². The van der Waals surface area contributed by atoms with E-state index in [1.54, 1.807) is 0 Å². The first-order chi connectivity index (χ1) is 16.1. The third-order valence-electron chi connectivity index (χ3n) is 7.55. The van der Waals surface area contributed by atoms with Crippen molar-refractivity contribution in [3.05, 3.63) is 18.2 Å². The molecule has 182 valence electrons. The number of nitrogens with zero attached hydrogens (tertiary/aromatic N) is 2. The van der Waals surface area contributed by atoms with Gasteiger partial charge in [0.25, 0.3) is 5.88 Å². The van der Waals surface area contributed by atoms with Crippen molar-refractivity contribution in [1.29, 1.82) is 0 Å². The molecule has 3 fully saturated rings. The van der Waals surface area contributed by atoms with E-state index >= 15 is 0 Å². The quantitative estimate of drug-likeness (QED) is 0.621. The normalized spacial score (nSPS) is 26.6. The van der Waals surface area contributed by atoms with E-state index in [2.05, 4.69) is 10.1 Å². The lowest BCUT2D eigenvalue weighted by Crippen LogP contribution is -2.44. The lowest BCUT2D eigenvalue weighted by Gasteiger charge is -2.36. The van der Waals surface area contributed by atoms with Gasteiger partial charge in [0.1, 0.15) is 17.7 Å². The summed E-state index contributed by atoms with van der Waals surface area (Å²) >= 11 is 0. The van der Waals surface area contributed by atoms with Crippen LogP contribution < -0.4 is 9.47 Å². The molecule has 8 nitrogen and oxygen atoms in total. The molecule has 0 radical (unpaired) electrons. The summed E-state index contributed by atoms with van der Waals surface area (Å²) in [7, 11) is 0. The number of hydrogen-bond donors (Lipinski definition) is 2. The van der Waals surface area contributed by atoms with E-state index in [-0.39, 0.29) is 18.6 Å². The second-order valence-corrected chi connectivity index (χ2v) is 10.1. The zero-order valence-electron chi connectivity index (χ0n) is 19.3. The molecule has 2 N–H and O–H groups in total. The van der Waals surface area contributed by atoms with E-state index in [0.717, 1.165) is 70.0 Å². The van der Waals surface area contributed by atoms with Crippen LogP contribution in [0.15, 0.2) is 22.7 Å². The maximum atomic E-state index is 10.6. The highest BCUT2D eigenvalue weighted by molar-refractivity contribution is 5.88. The average Bonchev–Trinajstić information content (AvgIpc) is 3.46. The molecule has 1 saturated carbocycles. The van der Waals surface area contributed by atoms with Gasteiger partial charge in [-0.25, -0.2) is 0 Å². The van der Waals surface area contributed by atoms with Crippen LogP contribution in [0.25, 0.3) is 11.0 Å². The van der Waals surface area contributed by atoms with E-state index < -0.39 is 5.60 Å². The number of rotatable bonds is 8. The predicted octanol–water partition coefficient (Wildman–Crippen LogP) is 3.00. The highest BCUT2D eigenvalue weighted by Crippen LogP contribution is 2.36. The molecule has 3 heterocycles. The van der Waals surface area contributed by atoms with Gasteiger partial charge in [0.2, 0.25) is 0 Å². The summed E-state index contributed by atoms with van der Waals surface area (Å²) in [5.41, 5.74) is -0.113. The lowest BCUT2D eigenvalue weighted by atomic mass is 9.94. The fourth-order valence-corrected chi connectivity index (χ4v) is 5.37. The van der Waals surface area contributed by atoms with Crippen LogP contribution in [0.5, 0.6) is 11.6 Å². The van der Waals surface area contributed by atoms with Crippen molar-refractivity contribution in [2.45, 2.75) is 56.7 Å². The molecule has 33 heavy (non-hydrogen) atoms. The molecule has 8 heteroatoms. The number of fused-ring (bicyclic) bond motifs is 1. The largest absolute Gasteiger partial charge is 0.490 e. The van der Waals surface area contributed by atoms with E-state index in [4.69, 9.17) is 18.7 Å². The standard InChI is InChI=1S/C25H36N2O6/c28-20-8-13-30-16-19(20)14-27-11-6-18(7-12-27)15-31-24-23-21(4-3-5-22(23)33-26-24)32-17-25(29)9-1-2-10-25/h3-5,18-20,28-29H,1-2,6-17H2. The maximum absolute atomic E-state index is 10.6. The fourth-order valence-electron chi connectivity index (χ4n) is 5.37. The number of aliphatic hydroxyl groups is 2. The molecule has 2 atom stereocenters. The van der Waals surface area contributed by atoms with Crippen LogP contribution in [0.3, 0.4) is 0 Å². The highest BCUT2D eigenvalue weighted by atomic mass is 16.5. The Morgan fingerprint density at radius 2 is 1.94 bits per heavy atom. The zero-order chi connectivity index (χ0) is 22.7. The molecule has 1 aromatic carbocycles. The number of aromatic nitrogens is 1. The first-order valence-electron chi connectivity index (χ1n) is 12.4. The Labute approximate surface area is 194 Å². The molecule has 2 aliphatic heterocycles.